The van der Waals surface area contributed by atoms with Gasteiger partial charge in [0.2, 0.25) is 0 Å². The first kappa shape index (κ1) is 19.7. The SMILES string of the molecule is CCCC(C)(O)OC(CSCC)CC(=O)OC(C)(C)C. The Kier molecular flexibility index (Phi) is 8.79. The zero-order chi connectivity index (χ0) is 15.8. The van der Waals surface area contributed by atoms with Gasteiger partial charge in [-0.15, -0.1) is 0 Å². The van der Waals surface area contributed by atoms with Crippen LogP contribution in [0, 0.1) is 0 Å². The van der Waals surface area contributed by atoms with Crippen LogP contribution >= 0.6 is 11.8 Å². The monoisotopic (exact) mass is 306 g/mol. The van der Waals surface area contributed by atoms with Crippen molar-refractivity contribution < 1.29 is 19.4 Å². The number of hydrogen-bond acceptors (Lipinski definition) is 5. The lowest BCUT2D eigenvalue weighted by Crippen LogP contribution is -2.37. The van der Waals surface area contributed by atoms with Gasteiger partial charge in [-0.2, -0.15) is 11.8 Å². The van der Waals surface area contributed by atoms with Crippen LogP contribution in [-0.2, 0) is 14.3 Å². The van der Waals surface area contributed by atoms with Crippen LogP contribution < -0.4 is 0 Å². The van der Waals surface area contributed by atoms with Crippen molar-refractivity contribution >= 4 is 17.7 Å². The highest BCUT2D eigenvalue weighted by Crippen LogP contribution is 2.21. The van der Waals surface area contributed by atoms with Crippen LogP contribution in [0.4, 0.5) is 0 Å². The summed E-state index contributed by atoms with van der Waals surface area (Å²) in [4.78, 5) is 11.9. The van der Waals surface area contributed by atoms with Gasteiger partial charge in [0.25, 0.3) is 0 Å². The van der Waals surface area contributed by atoms with E-state index in [1.54, 1.807) is 18.7 Å². The molecule has 4 nitrogen and oxygen atoms in total. The zero-order valence-electron chi connectivity index (χ0n) is 13.7. The Morgan fingerprint density at radius 2 is 1.85 bits per heavy atom. The number of hydrogen-bond donors (Lipinski definition) is 1. The molecule has 0 amide bonds. The van der Waals surface area contributed by atoms with Crippen molar-refractivity contribution in [3.05, 3.63) is 0 Å². The molecular formula is C15H30O4S. The van der Waals surface area contributed by atoms with Gasteiger partial charge in [-0.25, -0.2) is 0 Å². The summed E-state index contributed by atoms with van der Waals surface area (Å²) in [6, 6.07) is 0. The van der Waals surface area contributed by atoms with E-state index in [4.69, 9.17) is 9.47 Å². The minimum Gasteiger partial charge on any atom is -0.460 e. The molecule has 0 heterocycles. The van der Waals surface area contributed by atoms with Crippen LogP contribution in [0.3, 0.4) is 0 Å². The predicted octanol–water partition coefficient (Wildman–Crippen LogP) is 3.37. The second kappa shape index (κ2) is 8.90. The van der Waals surface area contributed by atoms with E-state index < -0.39 is 11.4 Å². The summed E-state index contributed by atoms with van der Waals surface area (Å²) in [5.74, 6) is 0.154. The van der Waals surface area contributed by atoms with Crippen molar-refractivity contribution in [3.63, 3.8) is 0 Å². The summed E-state index contributed by atoms with van der Waals surface area (Å²) in [7, 11) is 0. The van der Waals surface area contributed by atoms with Crippen LogP contribution in [0.1, 0.15) is 60.8 Å². The van der Waals surface area contributed by atoms with E-state index in [1.807, 2.05) is 27.7 Å². The standard InChI is InChI=1S/C15H30O4S/c1-7-9-15(6,17)18-12(11-20-8-2)10-13(16)19-14(3,4)5/h12,17H,7-11H2,1-6H3. The molecule has 0 rings (SSSR count). The van der Waals surface area contributed by atoms with Gasteiger partial charge in [0.15, 0.2) is 5.79 Å². The van der Waals surface area contributed by atoms with Gasteiger partial charge in [0, 0.05) is 12.2 Å². The molecule has 1 N–H and O–H groups in total. The third-order valence-electron chi connectivity index (χ3n) is 2.46. The van der Waals surface area contributed by atoms with Gasteiger partial charge in [-0.05, 0) is 33.4 Å². The molecule has 0 saturated carbocycles. The summed E-state index contributed by atoms with van der Waals surface area (Å²) >= 11 is 1.69. The topological polar surface area (TPSA) is 55.8 Å². The average Bonchev–Trinajstić information content (AvgIpc) is 2.22. The van der Waals surface area contributed by atoms with Gasteiger partial charge in [-0.1, -0.05) is 20.3 Å². The smallest absolute Gasteiger partial charge is 0.308 e. The van der Waals surface area contributed by atoms with Crippen LogP contribution in [0.5, 0.6) is 0 Å². The van der Waals surface area contributed by atoms with Gasteiger partial charge in [0.1, 0.15) is 5.60 Å². The van der Waals surface area contributed by atoms with E-state index in [2.05, 4.69) is 6.92 Å². The zero-order valence-corrected chi connectivity index (χ0v) is 14.5. The van der Waals surface area contributed by atoms with Crippen LogP contribution in [0.25, 0.3) is 0 Å². The maximum Gasteiger partial charge on any atom is 0.308 e. The Balaban J connectivity index is 4.52. The summed E-state index contributed by atoms with van der Waals surface area (Å²) in [5.41, 5.74) is -0.495. The molecule has 5 heteroatoms. The van der Waals surface area contributed by atoms with Gasteiger partial charge in [-0.3, -0.25) is 4.79 Å². The molecule has 0 aromatic carbocycles. The summed E-state index contributed by atoms with van der Waals surface area (Å²) < 4.78 is 11.0. The summed E-state index contributed by atoms with van der Waals surface area (Å²) in [6.07, 6.45) is 1.22. The highest BCUT2D eigenvalue weighted by molar-refractivity contribution is 7.99. The third kappa shape index (κ3) is 10.5. The fourth-order valence-corrected chi connectivity index (χ4v) is 2.52. The highest BCUT2D eigenvalue weighted by atomic mass is 32.2. The largest absolute Gasteiger partial charge is 0.460 e. The van der Waals surface area contributed by atoms with E-state index >= 15 is 0 Å². The fourth-order valence-electron chi connectivity index (χ4n) is 1.83. The van der Waals surface area contributed by atoms with Crippen molar-refractivity contribution in [1.29, 1.82) is 0 Å². The molecule has 0 aliphatic rings. The summed E-state index contributed by atoms with van der Waals surface area (Å²) in [5, 5.41) is 10.1. The highest BCUT2D eigenvalue weighted by Gasteiger charge is 2.28. The Hall–Kier alpha value is -0.260. The Labute approximate surface area is 127 Å². The number of thioether (sulfide) groups is 1. The van der Waals surface area contributed by atoms with E-state index in [9.17, 15) is 9.90 Å². The molecule has 20 heavy (non-hydrogen) atoms. The van der Waals surface area contributed by atoms with Crippen molar-refractivity contribution in [2.75, 3.05) is 11.5 Å². The van der Waals surface area contributed by atoms with Crippen molar-refractivity contribution in [2.24, 2.45) is 0 Å². The quantitative estimate of drug-likeness (QED) is 0.523. The van der Waals surface area contributed by atoms with Crippen LogP contribution in [0.15, 0.2) is 0 Å². The first-order valence-electron chi connectivity index (χ1n) is 7.29. The van der Waals surface area contributed by atoms with Gasteiger partial charge < -0.3 is 14.6 Å². The normalized spacial score (nSPS) is 16.6. The molecule has 120 valence electrons. The first-order valence-corrected chi connectivity index (χ1v) is 8.45. The van der Waals surface area contributed by atoms with Gasteiger partial charge >= 0.3 is 5.97 Å². The van der Waals surface area contributed by atoms with Crippen LogP contribution in [-0.4, -0.2) is 40.1 Å². The first-order chi connectivity index (χ1) is 9.09. The number of carbonyl (C=O) groups is 1. The molecule has 2 unspecified atom stereocenters. The molecule has 0 aromatic heterocycles. The minimum absolute atomic E-state index is 0.171. The van der Waals surface area contributed by atoms with E-state index in [-0.39, 0.29) is 18.5 Å². The van der Waals surface area contributed by atoms with Gasteiger partial charge in [0.05, 0.1) is 12.5 Å². The Morgan fingerprint density at radius 1 is 1.25 bits per heavy atom. The molecule has 2 atom stereocenters. The Bertz CT molecular complexity index is 284. The molecule has 0 spiro atoms. The second-order valence-corrected chi connectivity index (χ2v) is 7.43. The number of rotatable bonds is 9. The minimum atomic E-state index is -1.18. The molecule has 0 saturated heterocycles. The Morgan fingerprint density at radius 3 is 2.30 bits per heavy atom. The third-order valence-corrected chi connectivity index (χ3v) is 3.47. The van der Waals surface area contributed by atoms with E-state index in [0.717, 1.165) is 12.2 Å². The predicted molar refractivity (Wildman–Crippen MR) is 83.9 cm³/mol. The molecule has 0 aliphatic heterocycles. The summed E-state index contributed by atoms with van der Waals surface area (Å²) in [6.45, 7) is 11.2. The maximum atomic E-state index is 11.9. The number of ether oxygens (including phenoxy) is 2. The molecule has 0 bridgehead atoms. The van der Waals surface area contributed by atoms with Crippen molar-refractivity contribution in [1.82, 2.24) is 0 Å². The average molecular weight is 306 g/mol. The molecule has 0 radical (unpaired) electrons. The van der Waals surface area contributed by atoms with E-state index in [0.29, 0.717) is 12.2 Å². The lowest BCUT2D eigenvalue weighted by atomic mass is 10.1. The lowest BCUT2D eigenvalue weighted by molar-refractivity contribution is -0.220. The number of esters is 1. The fraction of sp³-hybridized carbons (Fsp3) is 0.933. The molecular weight excluding hydrogens is 276 g/mol. The second-order valence-electron chi connectivity index (χ2n) is 6.11. The van der Waals surface area contributed by atoms with Crippen LogP contribution in [0.2, 0.25) is 0 Å². The lowest BCUT2D eigenvalue weighted by Gasteiger charge is -2.29. The van der Waals surface area contributed by atoms with Crippen molar-refractivity contribution in [3.8, 4) is 0 Å². The number of carbonyl (C=O) groups excluding carboxylic acids is 1. The molecule has 0 fully saturated rings. The maximum absolute atomic E-state index is 11.9. The molecule has 0 aliphatic carbocycles. The number of aliphatic hydroxyl groups is 1. The van der Waals surface area contributed by atoms with E-state index in [1.165, 1.54) is 0 Å². The molecule has 0 aromatic rings. The van der Waals surface area contributed by atoms with Crippen molar-refractivity contribution in [2.45, 2.75) is 78.3 Å².